The van der Waals surface area contributed by atoms with Gasteiger partial charge in [0.25, 0.3) is 10.2 Å². The van der Waals surface area contributed by atoms with Crippen molar-refractivity contribution in [1.82, 2.24) is 10.0 Å². The summed E-state index contributed by atoms with van der Waals surface area (Å²) in [5.41, 5.74) is 1.63. The van der Waals surface area contributed by atoms with Gasteiger partial charge in [-0.1, -0.05) is 26.0 Å². The maximum absolute atomic E-state index is 11.6. The highest BCUT2D eigenvalue weighted by Crippen LogP contribution is 2.11. The summed E-state index contributed by atoms with van der Waals surface area (Å²) in [5.74, 6) is 0. The quantitative estimate of drug-likeness (QED) is 0.670. The van der Waals surface area contributed by atoms with E-state index in [-0.39, 0.29) is 0 Å². The first kappa shape index (κ1) is 14.9. The Morgan fingerprint density at radius 1 is 1.22 bits per heavy atom. The minimum Gasteiger partial charge on any atom is -0.313 e. The van der Waals surface area contributed by atoms with Crippen molar-refractivity contribution in [3.8, 4) is 0 Å². The zero-order chi connectivity index (χ0) is 13.4. The number of nitrogens with one attached hydrogen (secondary N) is 3. The minimum atomic E-state index is -3.45. The first-order valence-electron chi connectivity index (χ1n) is 6.14. The van der Waals surface area contributed by atoms with E-state index < -0.39 is 10.2 Å². The molecule has 5 nitrogen and oxygen atoms in total. The summed E-state index contributed by atoms with van der Waals surface area (Å²) in [4.78, 5) is 0. The molecule has 6 heteroatoms. The summed E-state index contributed by atoms with van der Waals surface area (Å²) < 4.78 is 28.3. The van der Waals surface area contributed by atoms with Gasteiger partial charge in [0.15, 0.2) is 0 Å². The van der Waals surface area contributed by atoms with E-state index in [1.54, 1.807) is 6.07 Å². The molecule has 1 rings (SSSR count). The van der Waals surface area contributed by atoms with E-state index in [1.165, 1.54) is 0 Å². The molecule has 0 aliphatic rings. The molecule has 0 spiro atoms. The minimum absolute atomic E-state index is 0.437. The van der Waals surface area contributed by atoms with Crippen molar-refractivity contribution < 1.29 is 8.42 Å². The van der Waals surface area contributed by atoms with Gasteiger partial charge in [-0.2, -0.15) is 13.1 Å². The number of hydrogen-bond acceptors (Lipinski definition) is 3. The summed E-state index contributed by atoms with van der Waals surface area (Å²) in [6.07, 6.45) is 0.765. The van der Waals surface area contributed by atoms with Crippen LogP contribution in [0.4, 0.5) is 5.69 Å². The van der Waals surface area contributed by atoms with Crippen molar-refractivity contribution in [2.45, 2.75) is 26.8 Å². The Morgan fingerprint density at radius 2 is 2.00 bits per heavy atom. The van der Waals surface area contributed by atoms with Gasteiger partial charge in [0.2, 0.25) is 0 Å². The van der Waals surface area contributed by atoms with Crippen molar-refractivity contribution >= 4 is 15.9 Å². The van der Waals surface area contributed by atoms with Crippen LogP contribution in [0.15, 0.2) is 24.3 Å². The average molecular weight is 271 g/mol. The second-order valence-corrected chi connectivity index (χ2v) is 5.48. The molecule has 0 amide bonds. The Balaban J connectivity index is 2.66. The Morgan fingerprint density at radius 3 is 2.67 bits per heavy atom. The monoisotopic (exact) mass is 271 g/mol. The average Bonchev–Trinajstić information content (AvgIpc) is 2.34. The van der Waals surface area contributed by atoms with Crippen LogP contribution >= 0.6 is 0 Å². The first-order valence-corrected chi connectivity index (χ1v) is 7.62. The fourth-order valence-electron chi connectivity index (χ4n) is 1.44. The summed E-state index contributed by atoms with van der Waals surface area (Å²) in [6, 6.07) is 7.36. The Labute approximate surface area is 109 Å². The number of benzene rings is 1. The number of anilines is 1. The molecule has 0 aliphatic heterocycles. The molecule has 0 unspecified atom stereocenters. The second kappa shape index (κ2) is 7.35. The molecule has 0 radical (unpaired) electrons. The topological polar surface area (TPSA) is 70.2 Å². The molecule has 0 fully saturated rings. The highest BCUT2D eigenvalue weighted by atomic mass is 32.2. The van der Waals surface area contributed by atoms with E-state index in [4.69, 9.17) is 0 Å². The van der Waals surface area contributed by atoms with Crippen LogP contribution < -0.4 is 14.8 Å². The highest BCUT2D eigenvalue weighted by Gasteiger charge is 2.08. The van der Waals surface area contributed by atoms with Crippen molar-refractivity contribution in [2.75, 3.05) is 17.8 Å². The largest absolute Gasteiger partial charge is 0.313 e. The Kier molecular flexibility index (Phi) is 6.11. The zero-order valence-electron chi connectivity index (χ0n) is 10.9. The lowest BCUT2D eigenvalue weighted by Gasteiger charge is -2.10. The highest BCUT2D eigenvalue weighted by molar-refractivity contribution is 7.90. The van der Waals surface area contributed by atoms with Gasteiger partial charge in [-0.05, 0) is 30.7 Å². The van der Waals surface area contributed by atoms with Crippen LogP contribution in [0.5, 0.6) is 0 Å². The normalized spacial score (nSPS) is 11.4. The van der Waals surface area contributed by atoms with Crippen LogP contribution in [0.2, 0.25) is 0 Å². The van der Waals surface area contributed by atoms with Crippen molar-refractivity contribution in [3.05, 3.63) is 29.8 Å². The third kappa shape index (κ3) is 5.48. The van der Waals surface area contributed by atoms with Gasteiger partial charge >= 0.3 is 0 Å². The van der Waals surface area contributed by atoms with E-state index in [1.807, 2.05) is 32.0 Å². The Hall–Kier alpha value is -1.11. The van der Waals surface area contributed by atoms with E-state index >= 15 is 0 Å². The Bertz CT molecular complexity index is 460. The smallest absolute Gasteiger partial charge is 0.299 e. The fraction of sp³-hybridized carbons (Fsp3) is 0.500. The lowest BCUT2D eigenvalue weighted by atomic mass is 10.2. The van der Waals surface area contributed by atoms with Crippen LogP contribution in [-0.4, -0.2) is 21.5 Å². The van der Waals surface area contributed by atoms with Gasteiger partial charge in [0.1, 0.15) is 0 Å². The second-order valence-electron chi connectivity index (χ2n) is 3.98. The van der Waals surface area contributed by atoms with Gasteiger partial charge in [-0.3, -0.25) is 4.72 Å². The molecule has 3 N–H and O–H groups in total. The van der Waals surface area contributed by atoms with Gasteiger partial charge < -0.3 is 5.32 Å². The predicted octanol–water partition coefficient (Wildman–Crippen LogP) is 1.45. The molecule has 0 atom stereocenters. The summed E-state index contributed by atoms with van der Waals surface area (Å²) >= 11 is 0. The molecule has 1 aromatic carbocycles. The molecule has 18 heavy (non-hydrogen) atoms. The van der Waals surface area contributed by atoms with Crippen LogP contribution in [-0.2, 0) is 16.8 Å². The van der Waals surface area contributed by atoms with Gasteiger partial charge in [-0.25, -0.2) is 0 Å². The lowest BCUT2D eigenvalue weighted by Crippen LogP contribution is -2.30. The van der Waals surface area contributed by atoms with Crippen molar-refractivity contribution in [1.29, 1.82) is 0 Å². The van der Waals surface area contributed by atoms with Crippen LogP contribution in [0.25, 0.3) is 0 Å². The summed E-state index contributed by atoms with van der Waals surface area (Å²) in [5, 5.41) is 3.20. The molecule has 0 heterocycles. The molecule has 0 aliphatic carbocycles. The van der Waals surface area contributed by atoms with Gasteiger partial charge in [0.05, 0.1) is 5.69 Å². The van der Waals surface area contributed by atoms with Gasteiger partial charge in [0, 0.05) is 13.1 Å². The maximum Gasteiger partial charge on any atom is 0.299 e. The molecular weight excluding hydrogens is 250 g/mol. The third-order valence-electron chi connectivity index (χ3n) is 2.30. The number of hydrogen-bond donors (Lipinski definition) is 3. The fourth-order valence-corrected chi connectivity index (χ4v) is 2.42. The number of rotatable bonds is 8. The van der Waals surface area contributed by atoms with Crippen LogP contribution in [0, 0.1) is 0 Å². The molecule has 0 saturated carbocycles. The molecular formula is C12H21N3O2S. The first-order chi connectivity index (χ1) is 8.57. The standard InChI is InChI=1S/C12H21N3O2S/c1-3-8-14-18(16,17)15-12-7-5-6-11(9-12)10-13-4-2/h5-7,9,13-15H,3-4,8,10H2,1-2H3. The molecule has 102 valence electrons. The van der Waals surface area contributed by atoms with Crippen molar-refractivity contribution in [3.63, 3.8) is 0 Å². The molecule has 0 aromatic heterocycles. The van der Waals surface area contributed by atoms with Crippen LogP contribution in [0.1, 0.15) is 25.8 Å². The maximum atomic E-state index is 11.6. The SMILES string of the molecule is CCCNS(=O)(=O)Nc1cccc(CNCC)c1. The molecule has 0 saturated heterocycles. The van der Waals surface area contributed by atoms with Crippen molar-refractivity contribution in [2.24, 2.45) is 0 Å². The van der Waals surface area contributed by atoms with E-state index in [0.29, 0.717) is 12.2 Å². The van der Waals surface area contributed by atoms with E-state index in [2.05, 4.69) is 14.8 Å². The summed E-state index contributed by atoms with van der Waals surface area (Å²) in [6.45, 7) is 6.00. The predicted molar refractivity (Wildman–Crippen MR) is 74.7 cm³/mol. The van der Waals surface area contributed by atoms with E-state index in [9.17, 15) is 8.42 Å². The lowest BCUT2D eigenvalue weighted by molar-refractivity contribution is 0.586. The molecule has 1 aromatic rings. The summed E-state index contributed by atoms with van der Waals surface area (Å²) in [7, 11) is -3.45. The zero-order valence-corrected chi connectivity index (χ0v) is 11.7. The van der Waals surface area contributed by atoms with E-state index in [0.717, 1.165) is 25.1 Å². The third-order valence-corrected chi connectivity index (χ3v) is 3.39. The van der Waals surface area contributed by atoms with Gasteiger partial charge in [-0.15, -0.1) is 0 Å². The van der Waals surface area contributed by atoms with Crippen LogP contribution in [0.3, 0.4) is 0 Å². The molecule has 0 bridgehead atoms.